The molecule has 1 heterocycles. The van der Waals surface area contributed by atoms with Crippen LogP contribution >= 0.6 is 0 Å². The van der Waals surface area contributed by atoms with E-state index in [0.29, 0.717) is 6.42 Å². The first-order chi connectivity index (χ1) is 5.59. The fourth-order valence-corrected chi connectivity index (χ4v) is 1.17. The molecule has 0 atom stereocenters. The van der Waals surface area contributed by atoms with Gasteiger partial charge in [0.05, 0.1) is 11.9 Å². The van der Waals surface area contributed by atoms with Gasteiger partial charge < -0.3 is 4.57 Å². The van der Waals surface area contributed by atoms with Crippen molar-refractivity contribution in [2.75, 3.05) is 0 Å². The number of rotatable bonds is 3. The van der Waals surface area contributed by atoms with E-state index in [0.717, 1.165) is 0 Å². The van der Waals surface area contributed by atoms with Crippen LogP contribution in [0.1, 0.15) is 27.2 Å². The first-order valence-electron chi connectivity index (χ1n) is 4.10. The fourth-order valence-electron chi connectivity index (χ4n) is 1.17. The van der Waals surface area contributed by atoms with Gasteiger partial charge in [-0.2, -0.15) is 0 Å². The molecule has 0 N–H and O–H groups in total. The summed E-state index contributed by atoms with van der Waals surface area (Å²) in [6.45, 7) is 5.68. The minimum atomic E-state index is -0.453. The van der Waals surface area contributed by atoms with Gasteiger partial charge in [-0.05, 0) is 13.8 Å². The van der Waals surface area contributed by atoms with Gasteiger partial charge in [0.15, 0.2) is 5.78 Å². The zero-order chi connectivity index (χ0) is 9.19. The predicted octanol–water partition coefficient (Wildman–Crippen LogP) is 1.60. The SMILES string of the molecule is CCC(=O)C(C)(C)n1ccnc1. The molecule has 0 aromatic carbocycles. The Labute approximate surface area is 72.4 Å². The topological polar surface area (TPSA) is 34.9 Å². The number of carbonyl (C=O) groups is 1. The van der Waals surface area contributed by atoms with Gasteiger partial charge in [0.25, 0.3) is 0 Å². The van der Waals surface area contributed by atoms with Crippen LogP contribution in [0, 0.1) is 0 Å². The van der Waals surface area contributed by atoms with E-state index in [-0.39, 0.29) is 5.78 Å². The number of Topliss-reactive ketones (excluding diaryl/α,β-unsaturated/α-hetero) is 1. The predicted molar refractivity (Wildman–Crippen MR) is 46.8 cm³/mol. The zero-order valence-electron chi connectivity index (χ0n) is 7.74. The second-order valence-corrected chi connectivity index (χ2v) is 3.31. The lowest BCUT2D eigenvalue weighted by molar-refractivity contribution is -0.125. The Balaban J connectivity index is 2.93. The highest BCUT2D eigenvalue weighted by Gasteiger charge is 2.26. The third-order valence-corrected chi connectivity index (χ3v) is 2.15. The molecule has 0 saturated heterocycles. The third-order valence-electron chi connectivity index (χ3n) is 2.15. The van der Waals surface area contributed by atoms with Crippen molar-refractivity contribution in [3.63, 3.8) is 0 Å². The van der Waals surface area contributed by atoms with Crippen molar-refractivity contribution in [1.29, 1.82) is 0 Å². The summed E-state index contributed by atoms with van der Waals surface area (Å²) in [4.78, 5) is 15.4. The second kappa shape index (κ2) is 3.09. The lowest BCUT2D eigenvalue weighted by atomic mass is 9.97. The van der Waals surface area contributed by atoms with E-state index in [1.165, 1.54) is 0 Å². The maximum Gasteiger partial charge on any atom is 0.157 e. The van der Waals surface area contributed by atoms with Gasteiger partial charge in [0.1, 0.15) is 0 Å². The highest BCUT2D eigenvalue weighted by atomic mass is 16.1. The maximum atomic E-state index is 11.5. The van der Waals surface area contributed by atoms with Crippen molar-refractivity contribution in [2.24, 2.45) is 0 Å². The van der Waals surface area contributed by atoms with E-state index < -0.39 is 5.54 Å². The summed E-state index contributed by atoms with van der Waals surface area (Å²) in [6.07, 6.45) is 5.73. The average Bonchev–Trinajstić information content (AvgIpc) is 2.55. The van der Waals surface area contributed by atoms with Crippen LogP contribution in [0.3, 0.4) is 0 Å². The molecular weight excluding hydrogens is 152 g/mol. The van der Waals surface area contributed by atoms with Gasteiger partial charge in [0, 0.05) is 18.8 Å². The molecule has 1 rings (SSSR count). The van der Waals surface area contributed by atoms with Crippen molar-refractivity contribution >= 4 is 5.78 Å². The molecule has 0 aliphatic rings. The van der Waals surface area contributed by atoms with Crippen LogP contribution in [-0.2, 0) is 10.3 Å². The van der Waals surface area contributed by atoms with E-state index in [1.807, 2.05) is 31.5 Å². The minimum Gasteiger partial charge on any atom is -0.325 e. The Hall–Kier alpha value is -1.12. The van der Waals surface area contributed by atoms with Crippen LogP contribution < -0.4 is 0 Å². The zero-order valence-corrected chi connectivity index (χ0v) is 7.74. The number of nitrogens with zero attached hydrogens (tertiary/aromatic N) is 2. The number of hydrogen-bond donors (Lipinski definition) is 0. The fraction of sp³-hybridized carbons (Fsp3) is 0.556. The average molecular weight is 166 g/mol. The smallest absolute Gasteiger partial charge is 0.157 e. The van der Waals surface area contributed by atoms with Crippen molar-refractivity contribution in [1.82, 2.24) is 9.55 Å². The molecule has 66 valence electrons. The molecule has 0 spiro atoms. The Morgan fingerprint density at radius 2 is 2.25 bits per heavy atom. The van der Waals surface area contributed by atoms with Crippen molar-refractivity contribution in [3.05, 3.63) is 18.7 Å². The lowest BCUT2D eigenvalue weighted by Gasteiger charge is -2.23. The molecule has 0 unspecified atom stereocenters. The summed E-state index contributed by atoms with van der Waals surface area (Å²) in [5, 5.41) is 0. The molecular formula is C9H14N2O. The molecule has 0 bridgehead atoms. The van der Waals surface area contributed by atoms with E-state index in [9.17, 15) is 4.79 Å². The third kappa shape index (κ3) is 1.40. The van der Waals surface area contributed by atoms with Crippen LogP contribution in [-0.4, -0.2) is 15.3 Å². The lowest BCUT2D eigenvalue weighted by Crippen LogP contribution is -2.34. The largest absolute Gasteiger partial charge is 0.325 e. The van der Waals surface area contributed by atoms with Crippen LogP contribution in [0.5, 0.6) is 0 Å². The monoisotopic (exact) mass is 166 g/mol. The van der Waals surface area contributed by atoms with E-state index in [4.69, 9.17) is 0 Å². The number of ketones is 1. The molecule has 3 nitrogen and oxygen atoms in total. The molecule has 0 saturated carbocycles. The summed E-state index contributed by atoms with van der Waals surface area (Å²) in [5.41, 5.74) is -0.453. The summed E-state index contributed by atoms with van der Waals surface area (Å²) in [7, 11) is 0. The van der Waals surface area contributed by atoms with Gasteiger partial charge in [-0.25, -0.2) is 4.98 Å². The van der Waals surface area contributed by atoms with Crippen LogP contribution in [0.2, 0.25) is 0 Å². The van der Waals surface area contributed by atoms with E-state index in [2.05, 4.69) is 4.98 Å². The molecule has 3 heteroatoms. The van der Waals surface area contributed by atoms with Gasteiger partial charge in [-0.3, -0.25) is 4.79 Å². The van der Waals surface area contributed by atoms with Gasteiger partial charge in [-0.1, -0.05) is 6.92 Å². The molecule has 0 aliphatic carbocycles. The maximum absolute atomic E-state index is 11.5. The standard InChI is InChI=1S/C9H14N2O/c1-4-8(12)9(2,3)11-6-5-10-7-11/h5-7H,4H2,1-3H3. The molecule has 0 aliphatic heterocycles. The van der Waals surface area contributed by atoms with Crippen LogP contribution in [0.4, 0.5) is 0 Å². The number of imidazole rings is 1. The van der Waals surface area contributed by atoms with Crippen molar-refractivity contribution in [3.8, 4) is 0 Å². The number of aromatic nitrogens is 2. The molecule has 1 aromatic rings. The van der Waals surface area contributed by atoms with Gasteiger partial charge >= 0.3 is 0 Å². The van der Waals surface area contributed by atoms with Gasteiger partial charge in [-0.15, -0.1) is 0 Å². The highest BCUT2D eigenvalue weighted by Crippen LogP contribution is 2.16. The van der Waals surface area contributed by atoms with Gasteiger partial charge in [0.2, 0.25) is 0 Å². The first kappa shape index (κ1) is 8.97. The molecule has 0 radical (unpaired) electrons. The summed E-state index contributed by atoms with van der Waals surface area (Å²) in [5.74, 6) is 0.223. The number of hydrogen-bond acceptors (Lipinski definition) is 2. The number of carbonyl (C=O) groups excluding carboxylic acids is 1. The molecule has 1 aromatic heterocycles. The normalized spacial score (nSPS) is 11.6. The Morgan fingerprint density at radius 1 is 1.58 bits per heavy atom. The highest BCUT2D eigenvalue weighted by molar-refractivity contribution is 5.85. The summed E-state index contributed by atoms with van der Waals surface area (Å²) < 4.78 is 1.83. The second-order valence-electron chi connectivity index (χ2n) is 3.31. The van der Waals surface area contributed by atoms with Crippen LogP contribution in [0.15, 0.2) is 18.7 Å². The first-order valence-corrected chi connectivity index (χ1v) is 4.10. The van der Waals surface area contributed by atoms with Crippen molar-refractivity contribution in [2.45, 2.75) is 32.7 Å². The molecule has 0 fully saturated rings. The van der Waals surface area contributed by atoms with Crippen molar-refractivity contribution < 1.29 is 4.79 Å². The Kier molecular flexibility index (Phi) is 2.31. The molecule has 0 amide bonds. The minimum absolute atomic E-state index is 0.223. The summed E-state index contributed by atoms with van der Waals surface area (Å²) >= 11 is 0. The quantitative estimate of drug-likeness (QED) is 0.683. The van der Waals surface area contributed by atoms with Crippen LogP contribution in [0.25, 0.3) is 0 Å². The Bertz CT molecular complexity index is 262. The van der Waals surface area contributed by atoms with E-state index >= 15 is 0 Å². The molecule has 12 heavy (non-hydrogen) atoms. The Morgan fingerprint density at radius 3 is 2.67 bits per heavy atom. The van der Waals surface area contributed by atoms with E-state index in [1.54, 1.807) is 12.5 Å². The summed E-state index contributed by atoms with van der Waals surface area (Å²) in [6, 6.07) is 0.